The first-order valence-electron chi connectivity index (χ1n) is 7.96. The zero-order valence-electron chi connectivity index (χ0n) is 13.5. The van der Waals surface area contributed by atoms with Crippen molar-refractivity contribution in [3.8, 4) is 22.4 Å². The van der Waals surface area contributed by atoms with Gasteiger partial charge in [0.05, 0.1) is 12.8 Å². The summed E-state index contributed by atoms with van der Waals surface area (Å²) in [6.45, 7) is 0. The van der Waals surface area contributed by atoms with Crippen molar-refractivity contribution >= 4 is 29.2 Å². The van der Waals surface area contributed by atoms with Gasteiger partial charge in [0.15, 0.2) is 0 Å². The second kappa shape index (κ2) is 6.25. The van der Waals surface area contributed by atoms with Crippen LogP contribution in [0.25, 0.3) is 22.4 Å². The summed E-state index contributed by atoms with van der Waals surface area (Å²) in [7, 11) is 1.38. The van der Waals surface area contributed by atoms with E-state index in [4.69, 9.17) is 27.9 Å². The number of carbonyl (C=O) groups is 1. The molecule has 0 fully saturated rings. The lowest BCUT2D eigenvalue weighted by Gasteiger charge is -2.17. The number of hydrogen-bond donors (Lipinski definition) is 1. The Morgan fingerprint density at radius 1 is 1.08 bits per heavy atom. The van der Waals surface area contributed by atoms with Gasteiger partial charge in [-0.15, -0.1) is 0 Å². The number of halogens is 2. The molecule has 4 rings (SSSR count). The molecule has 0 bridgehead atoms. The van der Waals surface area contributed by atoms with Crippen molar-refractivity contribution in [2.45, 2.75) is 12.8 Å². The zero-order chi connectivity index (χ0) is 17.6. The Morgan fingerprint density at radius 2 is 1.80 bits per heavy atom. The SMILES string of the molecule is COC(=O)c1[nH]c2c(c1-c1cc(Cl)cc(Cl)c1)CCc1ccccc1-2. The van der Waals surface area contributed by atoms with E-state index in [0.717, 1.165) is 40.8 Å². The number of carbonyl (C=O) groups excluding carboxylic acids is 1. The van der Waals surface area contributed by atoms with Gasteiger partial charge in [-0.3, -0.25) is 0 Å². The van der Waals surface area contributed by atoms with E-state index >= 15 is 0 Å². The number of hydrogen-bond acceptors (Lipinski definition) is 2. The quantitative estimate of drug-likeness (QED) is 0.600. The monoisotopic (exact) mass is 371 g/mol. The first kappa shape index (κ1) is 16.2. The van der Waals surface area contributed by atoms with E-state index in [-0.39, 0.29) is 0 Å². The third kappa shape index (κ3) is 2.74. The molecule has 1 heterocycles. The fourth-order valence-electron chi connectivity index (χ4n) is 3.53. The number of benzene rings is 2. The van der Waals surface area contributed by atoms with E-state index in [2.05, 4.69) is 17.1 Å². The van der Waals surface area contributed by atoms with Crippen LogP contribution in [-0.2, 0) is 17.6 Å². The summed E-state index contributed by atoms with van der Waals surface area (Å²) in [6, 6.07) is 13.5. The molecule has 5 heteroatoms. The number of aromatic nitrogens is 1. The molecule has 0 radical (unpaired) electrons. The van der Waals surface area contributed by atoms with Crippen molar-refractivity contribution in [1.82, 2.24) is 4.98 Å². The van der Waals surface area contributed by atoms with E-state index in [1.54, 1.807) is 6.07 Å². The molecule has 0 unspecified atom stereocenters. The van der Waals surface area contributed by atoms with E-state index < -0.39 is 5.97 Å². The Morgan fingerprint density at radius 3 is 2.52 bits per heavy atom. The molecule has 0 amide bonds. The number of rotatable bonds is 2. The van der Waals surface area contributed by atoms with E-state index in [1.807, 2.05) is 24.3 Å². The maximum atomic E-state index is 12.4. The third-order valence-corrected chi connectivity index (χ3v) is 5.01. The summed E-state index contributed by atoms with van der Waals surface area (Å²) < 4.78 is 4.99. The molecule has 0 atom stereocenters. The number of esters is 1. The molecule has 1 aliphatic rings. The van der Waals surface area contributed by atoms with Crippen molar-refractivity contribution < 1.29 is 9.53 Å². The largest absolute Gasteiger partial charge is 0.464 e. The Hall–Kier alpha value is -2.23. The normalized spacial score (nSPS) is 12.4. The average Bonchev–Trinajstić information content (AvgIpc) is 3.00. The van der Waals surface area contributed by atoms with Crippen LogP contribution in [0.5, 0.6) is 0 Å². The fraction of sp³-hybridized carbons (Fsp3) is 0.150. The summed E-state index contributed by atoms with van der Waals surface area (Å²) in [6.07, 6.45) is 1.75. The van der Waals surface area contributed by atoms with Gasteiger partial charge in [-0.1, -0.05) is 47.5 Å². The van der Waals surface area contributed by atoms with Crippen LogP contribution < -0.4 is 0 Å². The van der Waals surface area contributed by atoms with Crippen molar-refractivity contribution in [2.24, 2.45) is 0 Å². The predicted octanol–water partition coefficient (Wildman–Crippen LogP) is 5.54. The zero-order valence-corrected chi connectivity index (χ0v) is 15.0. The van der Waals surface area contributed by atoms with Crippen molar-refractivity contribution in [3.63, 3.8) is 0 Å². The van der Waals surface area contributed by atoms with Gasteiger partial charge in [0, 0.05) is 21.2 Å². The number of ether oxygens (including phenoxy) is 1. The topological polar surface area (TPSA) is 42.1 Å². The van der Waals surface area contributed by atoms with Crippen LogP contribution in [0, 0.1) is 0 Å². The van der Waals surface area contributed by atoms with Gasteiger partial charge in [-0.2, -0.15) is 0 Å². The average molecular weight is 372 g/mol. The standard InChI is InChI=1S/C20H15Cl2NO2/c1-25-20(24)19-17(12-8-13(21)10-14(22)9-12)16-7-6-11-4-2-3-5-15(11)18(16)23-19/h2-5,8-10,23H,6-7H2,1H3. The van der Waals surface area contributed by atoms with Crippen molar-refractivity contribution in [1.29, 1.82) is 0 Å². The van der Waals surface area contributed by atoms with Crippen LogP contribution in [0.15, 0.2) is 42.5 Å². The van der Waals surface area contributed by atoms with Gasteiger partial charge < -0.3 is 9.72 Å². The first-order chi connectivity index (χ1) is 12.1. The lowest BCUT2D eigenvalue weighted by molar-refractivity contribution is 0.0596. The van der Waals surface area contributed by atoms with Crippen molar-refractivity contribution in [3.05, 3.63) is 69.3 Å². The molecule has 0 saturated carbocycles. The lowest BCUT2D eigenvalue weighted by atomic mass is 9.87. The fourth-order valence-corrected chi connectivity index (χ4v) is 4.06. The Kier molecular flexibility index (Phi) is 4.06. The maximum Gasteiger partial charge on any atom is 0.355 e. The summed E-state index contributed by atoms with van der Waals surface area (Å²) >= 11 is 12.4. The van der Waals surface area contributed by atoms with Crippen LogP contribution in [0.3, 0.4) is 0 Å². The molecule has 2 aromatic carbocycles. The highest BCUT2D eigenvalue weighted by molar-refractivity contribution is 6.35. The number of nitrogens with one attached hydrogen (secondary N) is 1. The number of H-pyrrole nitrogens is 1. The van der Waals surface area contributed by atoms with Gasteiger partial charge >= 0.3 is 5.97 Å². The van der Waals surface area contributed by atoms with Crippen LogP contribution in [0.4, 0.5) is 0 Å². The maximum absolute atomic E-state index is 12.4. The minimum atomic E-state index is -0.405. The molecular weight excluding hydrogens is 357 g/mol. The molecule has 0 aliphatic heterocycles. The summed E-state index contributed by atoms with van der Waals surface area (Å²) in [5.74, 6) is -0.405. The number of aryl methyl sites for hydroxylation is 1. The van der Waals surface area contributed by atoms with Crippen LogP contribution >= 0.6 is 23.2 Å². The highest BCUT2D eigenvalue weighted by Gasteiger charge is 2.28. The highest BCUT2D eigenvalue weighted by Crippen LogP contribution is 2.42. The predicted molar refractivity (Wildman–Crippen MR) is 100 cm³/mol. The molecule has 1 N–H and O–H groups in total. The van der Waals surface area contributed by atoms with Crippen LogP contribution in [0.2, 0.25) is 10.0 Å². The molecule has 25 heavy (non-hydrogen) atoms. The number of aromatic amines is 1. The van der Waals surface area contributed by atoms with E-state index in [9.17, 15) is 4.79 Å². The summed E-state index contributed by atoms with van der Waals surface area (Å²) in [5, 5.41) is 1.06. The molecule has 1 aliphatic carbocycles. The lowest BCUT2D eigenvalue weighted by Crippen LogP contribution is -2.04. The second-order valence-electron chi connectivity index (χ2n) is 6.04. The van der Waals surface area contributed by atoms with Crippen LogP contribution in [0.1, 0.15) is 21.6 Å². The smallest absolute Gasteiger partial charge is 0.355 e. The molecular formula is C20H15Cl2NO2. The minimum Gasteiger partial charge on any atom is -0.464 e. The van der Waals surface area contributed by atoms with Crippen LogP contribution in [-0.4, -0.2) is 18.1 Å². The van der Waals surface area contributed by atoms with E-state index in [1.165, 1.54) is 12.7 Å². The third-order valence-electron chi connectivity index (χ3n) is 4.58. The Bertz CT molecular complexity index is 971. The van der Waals surface area contributed by atoms with Gasteiger partial charge in [-0.05, 0) is 47.7 Å². The van der Waals surface area contributed by atoms with Gasteiger partial charge in [0.2, 0.25) is 0 Å². The van der Waals surface area contributed by atoms with Gasteiger partial charge in [0.1, 0.15) is 5.69 Å². The first-order valence-corrected chi connectivity index (χ1v) is 8.72. The second-order valence-corrected chi connectivity index (χ2v) is 6.91. The molecule has 3 nitrogen and oxygen atoms in total. The minimum absolute atomic E-state index is 0.405. The summed E-state index contributed by atoms with van der Waals surface area (Å²) in [4.78, 5) is 15.7. The van der Waals surface area contributed by atoms with Gasteiger partial charge in [-0.25, -0.2) is 4.79 Å². The Balaban J connectivity index is 2.01. The number of fused-ring (bicyclic) bond motifs is 3. The summed E-state index contributed by atoms with van der Waals surface area (Å²) in [5.41, 5.74) is 6.51. The molecule has 1 aromatic heterocycles. The Labute approximate surface area is 155 Å². The molecule has 126 valence electrons. The van der Waals surface area contributed by atoms with E-state index in [0.29, 0.717) is 15.7 Å². The molecule has 0 saturated heterocycles. The highest BCUT2D eigenvalue weighted by atomic mass is 35.5. The van der Waals surface area contributed by atoms with Gasteiger partial charge in [0.25, 0.3) is 0 Å². The van der Waals surface area contributed by atoms with Crippen molar-refractivity contribution in [2.75, 3.05) is 7.11 Å². The number of methoxy groups -OCH3 is 1. The molecule has 3 aromatic rings. The molecule has 0 spiro atoms.